The summed E-state index contributed by atoms with van der Waals surface area (Å²) in [6.07, 6.45) is -3.86. The van der Waals surface area contributed by atoms with Crippen LogP contribution in [0.15, 0.2) is 42.0 Å². The van der Waals surface area contributed by atoms with Crippen LogP contribution in [0.3, 0.4) is 0 Å². The van der Waals surface area contributed by atoms with Crippen LogP contribution in [0.1, 0.15) is 12.5 Å². The van der Waals surface area contributed by atoms with Gasteiger partial charge in [0.05, 0.1) is 12.9 Å². The maximum Gasteiger partial charge on any atom is 0.412 e. The van der Waals surface area contributed by atoms with Crippen LogP contribution < -0.4 is 0 Å². The lowest BCUT2D eigenvalue weighted by Crippen LogP contribution is -2.16. The maximum absolute atomic E-state index is 12.9. The second kappa shape index (κ2) is 6.85. The van der Waals surface area contributed by atoms with E-state index in [1.807, 2.05) is 0 Å². The van der Waals surface area contributed by atoms with Gasteiger partial charge in [0.25, 0.3) is 10.1 Å². The highest BCUT2D eigenvalue weighted by Gasteiger charge is 2.33. The molecule has 0 fully saturated rings. The van der Waals surface area contributed by atoms with E-state index in [1.54, 1.807) is 0 Å². The third kappa shape index (κ3) is 5.47. The molecular formula is C14H14ClF3O3S. The van der Waals surface area contributed by atoms with Crippen LogP contribution in [0.5, 0.6) is 0 Å². The molecule has 0 aliphatic carbocycles. The summed E-state index contributed by atoms with van der Waals surface area (Å²) in [5.41, 5.74) is -0.883. The Morgan fingerprint density at radius 1 is 1.27 bits per heavy atom. The van der Waals surface area contributed by atoms with E-state index in [4.69, 9.17) is 11.6 Å². The second-order valence-corrected chi connectivity index (χ2v) is 6.63. The molecular weight excluding hydrogens is 341 g/mol. The average Bonchev–Trinajstić information content (AvgIpc) is 2.36. The van der Waals surface area contributed by atoms with Crippen LogP contribution in [-0.2, 0) is 14.3 Å². The highest BCUT2D eigenvalue weighted by Crippen LogP contribution is 2.34. The highest BCUT2D eigenvalue weighted by molar-refractivity contribution is 7.86. The molecule has 1 rings (SSSR count). The molecule has 0 N–H and O–H groups in total. The van der Waals surface area contributed by atoms with Gasteiger partial charge in [-0.1, -0.05) is 30.3 Å². The average molecular weight is 355 g/mol. The molecule has 0 aliphatic rings. The van der Waals surface area contributed by atoms with Crippen molar-refractivity contribution in [3.05, 3.63) is 52.6 Å². The van der Waals surface area contributed by atoms with Crippen molar-refractivity contribution in [1.29, 1.82) is 0 Å². The maximum atomic E-state index is 12.9. The first kappa shape index (κ1) is 18.7. The fraction of sp³-hybridized carbons (Fsp3) is 0.286. The summed E-state index contributed by atoms with van der Waals surface area (Å²) in [4.78, 5) is 0. The van der Waals surface area contributed by atoms with E-state index in [0.717, 1.165) is 13.2 Å². The summed E-state index contributed by atoms with van der Waals surface area (Å²) in [7, 11) is -3.88. The molecule has 0 saturated carbocycles. The number of rotatable bonds is 5. The van der Waals surface area contributed by atoms with E-state index in [0.29, 0.717) is 10.6 Å². The van der Waals surface area contributed by atoms with Crippen LogP contribution in [0.25, 0.3) is 5.57 Å². The Hall–Kier alpha value is -1.31. The first-order valence-electron chi connectivity index (χ1n) is 5.98. The first-order chi connectivity index (χ1) is 9.92. The summed E-state index contributed by atoms with van der Waals surface area (Å²) >= 11 is 5.73. The van der Waals surface area contributed by atoms with Crippen molar-refractivity contribution in [2.24, 2.45) is 0 Å². The number of halogens is 4. The van der Waals surface area contributed by atoms with E-state index in [-0.39, 0.29) is 11.1 Å². The minimum Gasteiger partial charge on any atom is -0.265 e. The van der Waals surface area contributed by atoms with Gasteiger partial charge in [-0.3, -0.25) is 4.18 Å². The van der Waals surface area contributed by atoms with Gasteiger partial charge in [0, 0.05) is 10.6 Å². The Kier molecular flexibility index (Phi) is 5.83. The normalized spacial score (nSPS) is 13.7. The molecule has 0 atom stereocenters. The second-order valence-electron chi connectivity index (χ2n) is 4.55. The minimum absolute atomic E-state index is 0.0233. The highest BCUT2D eigenvalue weighted by atomic mass is 35.5. The molecule has 0 radical (unpaired) electrons. The molecule has 0 amide bonds. The lowest BCUT2D eigenvalue weighted by atomic mass is 9.96. The Morgan fingerprint density at radius 3 is 2.18 bits per heavy atom. The number of hydrogen-bond acceptors (Lipinski definition) is 3. The van der Waals surface area contributed by atoms with E-state index in [1.165, 1.54) is 24.3 Å². The third-order valence-corrected chi connectivity index (χ3v) is 3.65. The molecule has 0 spiro atoms. The quantitative estimate of drug-likeness (QED) is 0.587. The van der Waals surface area contributed by atoms with Crippen LogP contribution in [0.4, 0.5) is 13.2 Å². The summed E-state index contributed by atoms with van der Waals surface area (Å²) in [6.45, 7) is 3.72. The van der Waals surface area contributed by atoms with Gasteiger partial charge in [-0.25, -0.2) is 0 Å². The summed E-state index contributed by atoms with van der Waals surface area (Å²) < 4.78 is 65.4. The molecule has 3 nitrogen and oxygen atoms in total. The van der Waals surface area contributed by atoms with Gasteiger partial charge < -0.3 is 0 Å². The lowest BCUT2D eigenvalue weighted by Gasteiger charge is -2.17. The van der Waals surface area contributed by atoms with E-state index >= 15 is 0 Å². The van der Waals surface area contributed by atoms with Gasteiger partial charge >= 0.3 is 6.18 Å². The molecule has 0 unspecified atom stereocenters. The van der Waals surface area contributed by atoms with Gasteiger partial charge in [-0.2, -0.15) is 21.6 Å². The van der Waals surface area contributed by atoms with Gasteiger partial charge in [-0.15, -0.1) is 0 Å². The third-order valence-electron chi connectivity index (χ3n) is 2.85. The van der Waals surface area contributed by atoms with Crippen LogP contribution in [0.2, 0.25) is 5.02 Å². The van der Waals surface area contributed by atoms with Gasteiger partial charge in [0.2, 0.25) is 0 Å². The van der Waals surface area contributed by atoms with Crippen molar-refractivity contribution in [2.45, 2.75) is 13.1 Å². The minimum atomic E-state index is -4.62. The van der Waals surface area contributed by atoms with Crippen LogP contribution in [-0.4, -0.2) is 27.5 Å². The Bertz CT molecular complexity index is 689. The van der Waals surface area contributed by atoms with Crippen molar-refractivity contribution in [3.8, 4) is 0 Å². The zero-order valence-corrected chi connectivity index (χ0v) is 13.4. The van der Waals surface area contributed by atoms with Crippen molar-refractivity contribution in [1.82, 2.24) is 0 Å². The fourth-order valence-electron chi connectivity index (χ4n) is 1.58. The molecule has 22 heavy (non-hydrogen) atoms. The Balaban J connectivity index is 3.26. The number of benzene rings is 1. The summed E-state index contributed by atoms with van der Waals surface area (Å²) in [5.74, 6) is 0. The monoisotopic (exact) mass is 354 g/mol. The predicted octanol–water partition coefficient (Wildman–Crippen LogP) is 4.21. The van der Waals surface area contributed by atoms with Crippen LogP contribution >= 0.6 is 11.6 Å². The number of alkyl halides is 3. The van der Waals surface area contributed by atoms with E-state index in [9.17, 15) is 21.6 Å². The number of hydrogen-bond donors (Lipinski definition) is 0. The zero-order valence-electron chi connectivity index (χ0n) is 11.9. The van der Waals surface area contributed by atoms with Crippen molar-refractivity contribution in [2.75, 3.05) is 12.9 Å². The Morgan fingerprint density at radius 2 is 1.77 bits per heavy atom. The van der Waals surface area contributed by atoms with Crippen molar-refractivity contribution in [3.63, 3.8) is 0 Å². The van der Waals surface area contributed by atoms with Crippen molar-refractivity contribution < 1.29 is 25.8 Å². The fourth-order valence-corrected chi connectivity index (χ4v) is 2.04. The smallest absolute Gasteiger partial charge is 0.265 e. The number of allylic oxidation sites excluding steroid dienone is 1. The predicted molar refractivity (Wildman–Crippen MR) is 80.0 cm³/mol. The van der Waals surface area contributed by atoms with Crippen LogP contribution in [0, 0.1) is 0 Å². The van der Waals surface area contributed by atoms with Gasteiger partial charge in [0.15, 0.2) is 0 Å². The van der Waals surface area contributed by atoms with Gasteiger partial charge in [0.1, 0.15) is 0 Å². The summed E-state index contributed by atoms with van der Waals surface area (Å²) in [5, 5.41) is 0.419. The summed E-state index contributed by atoms with van der Waals surface area (Å²) in [6, 6.07) is 5.99. The SMILES string of the molecule is C=C(/C(COS(C)(=O)=O)=C(\C)C(F)(F)F)c1ccc(Cl)cc1. The molecule has 0 aromatic heterocycles. The standard InChI is InChI=1S/C14H14ClF3O3S/c1-9(11-4-6-12(15)7-5-11)13(8-21-22(3,19)20)10(2)14(16,17)18/h4-7H,1,8H2,2-3H3/b13-10+. The molecule has 122 valence electrons. The zero-order chi connectivity index (χ0) is 17.1. The molecule has 8 heteroatoms. The first-order valence-corrected chi connectivity index (χ1v) is 8.18. The van der Waals surface area contributed by atoms with E-state index < -0.39 is 28.5 Å². The van der Waals surface area contributed by atoms with Crippen molar-refractivity contribution >= 4 is 27.3 Å². The molecule has 1 aromatic carbocycles. The van der Waals surface area contributed by atoms with Gasteiger partial charge in [-0.05, 0) is 35.8 Å². The molecule has 1 aromatic rings. The molecule has 0 bridgehead atoms. The molecule has 0 saturated heterocycles. The lowest BCUT2D eigenvalue weighted by molar-refractivity contribution is -0.0922. The molecule has 0 aliphatic heterocycles. The largest absolute Gasteiger partial charge is 0.412 e. The molecule has 0 heterocycles. The van der Waals surface area contributed by atoms with E-state index in [2.05, 4.69) is 10.8 Å². The Labute approximate surface area is 132 Å². The topological polar surface area (TPSA) is 43.4 Å².